The van der Waals surface area contributed by atoms with E-state index in [-0.39, 0.29) is 0 Å². The average molecular weight is 241 g/mol. The fourth-order valence-electron chi connectivity index (χ4n) is 2.47. The van der Waals surface area contributed by atoms with Gasteiger partial charge >= 0.3 is 0 Å². The predicted molar refractivity (Wildman–Crippen MR) is 66.4 cm³/mol. The summed E-state index contributed by atoms with van der Waals surface area (Å²) in [5, 5.41) is 0. The Hall–Kier alpha value is -1.88. The zero-order valence-corrected chi connectivity index (χ0v) is 10.1. The molecule has 2 aromatic heterocycles. The molecule has 0 spiro atoms. The van der Waals surface area contributed by atoms with Crippen molar-refractivity contribution in [3.05, 3.63) is 48.6 Å². The standard InChI is InChI=1S/C13H15N5/c1-2-13(12-3-4-15-10-17-12)18(7-1)9-11-8-14-5-6-16-11/h3-6,8,10,13H,1-2,7,9H2. The molecule has 0 saturated carbocycles. The Bertz CT molecular complexity index is 487. The first kappa shape index (κ1) is 11.2. The van der Waals surface area contributed by atoms with Crippen LogP contribution in [-0.4, -0.2) is 31.4 Å². The Labute approximate surface area is 106 Å². The molecule has 2 aromatic rings. The van der Waals surface area contributed by atoms with E-state index in [1.807, 2.05) is 12.3 Å². The Kier molecular flexibility index (Phi) is 3.23. The van der Waals surface area contributed by atoms with Gasteiger partial charge in [-0.2, -0.15) is 0 Å². The highest BCUT2D eigenvalue weighted by Gasteiger charge is 2.27. The van der Waals surface area contributed by atoms with Crippen LogP contribution in [0.1, 0.15) is 30.3 Å². The van der Waals surface area contributed by atoms with Crippen LogP contribution in [0.5, 0.6) is 0 Å². The van der Waals surface area contributed by atoms with Crippen molar-refractivity contribution in [1.82, 2.24) is 24.8 Å². The highest BCUT2D eigenvalue weighted by Crippen LogP contribution is 2.31. The highest BCUT2D eigenvalue weighted by molar-refractivity contribution is 5.08. The molecule has 5 heteroatoms. The first-order valence-corrected chi connectivity index (χ1v) is 6.18. The van der Waals surface area contributed by atoms with E-state index in [1.165, 1.54) is 6.42 Å². The third-order valence-electron chi connectivity index (χ3n) is 3.29. The summed E-state index contributed by atoms with van der Waals surface area (Å²) in [5.74, 6) is 0. The molecular weight excluding hydrogens is 226 g/mol. The molecule has 5 nitrogen and oxygen atoms in total. The zero-order valence-electron chi connectivity index (χ0n) is 10.1. The monoisotopic (exact) mass is 241 g/mol. The van der Waals surface area contributed by atoms with Gasteiger partial charge < -0.3 is 0 Å². The fraction of sp³-hybridized carbons (Fsp3) is 0.385. The Morgan fingerprint density at radius 1 is 1.17 bits per heavy atom. The molecule has 0 N–H and O–H groups in total. The minimum atomic E-state index is 0.384. The largest absolute Gasteiger partial charge is 0.289 e. The topological polar surface area (TPSA) is 54.8 Å². The summed E-state index contributed by atoms with van der Waals surface area (Å²) >= 11 is 0. The molecule has 0 aliphatic carbocycles. The van der Waals surface area contributed by atoms with Crippen LogP contribution in [0.4, 0.5) is 0 Å². The van der Waals surface area contributed by atoms with Gasteiger partial charge in [-0.3, -0.25) is 14.9 Å². The molecule has 1 aliphatic rings. The summed E-state index contributed by atoms with van der Waals surface area (Å²) in [5.41, 5.74) is 2.12. The van der Waals surface area contributed by atoms with Crippen LogP contribution in [0.3, 0.4) is 0 Å². The predicted octanol–water partition coefficient (Wildman–Crippen LogP) is 1.60. The molecule has 0 amide bonds. The maximum atomic E-state index is 4.36. The normalized spacial score (nSPS) is 20.1. The van der Waals surface area contributed by atoms with Gasteiger partial charge in [0.1, 0.15) is 6.33 Å². The van der Waals surface area contributed by atoms with Crippen LogP contribution in [0.15, 0.2) is 37.2 Å². The van der Waals surface area contributed by atoms with Gasteiger partial charge in [-0.15, -0.1) is 0 Å². The molecular formula is C13H15N5. The third kappa shape index (κ3) is 2.36. The number of aromatic nitrogens is 4. The van der Waals surface area contributed by atoms with E-state index in [4.69, 9.17) is 0 Å². The van der Waals surface area contributed by atoms with Crippen molar-refractivity contribution in [2.45, 2.75) is 25.4 Å². The minimum absolute atomic E-state index is 0.384. The highest BCUT2D eigenvalue weighted by atomic mass is 15.2. The average Bonchev–Trinajstić information content (AvgIpc) is 2.89. The van der Waals surface area contributed by atoms with Gasteiger partial charge in [0, 0.05) is 31.3 Å². The van der Waals surface area contributed by atoms with Gasteiger partial charge in [0.2, 0.25) is 0 Å². The molecule has 0 radical (unpaired) electrons. The van der Waals surface area contributed by atoms with Gasteiger partial charge in [0.05, 0.1) is 17.4 Å². The molecule has 3 heterocycles. The van der Waals surface area contributed by atoms with Crippen LogP contribution >= 0.6 is 0 Å². The van der Waals surface area contributed by atoms with Crippen molar-refractivity contribution in [3.8, 4) is 0 Å². The smallest absolute Gasteiger partial charge is 0.115 e. The molecule has 3 rings (SSSR count). The van der Waals surface area contributed by atoms with E-state index >= 15 is 0 Å². The SMILES string of the molecule is c1cc(C2CCCN2Cc2cnccn2)ncn1. The summed E-state index contributed by atoms with van der Waals surface area (Å²) in [6.07, 6.45) is 11.1. The van der Waals surface area contributed by atoms with Crippen molar-refractivity contribution in [2.75, 3.05) is 6.54 Å². The molecule has 1 saturated heterocycles. The minimum Gasteiger partial charge on any atom is -0.289 e. The zero-order chi connectivity index (χ0) is 12.2. The lowest BCUT2D eigenvalue weighted by molar-refractivity contribution is 0.241. The fourth-order valence-corrected chi connectivity index (χ4v) is 2.47. The van der Waals surface area contributed by atoms with E-state index in [0.29, 0.717) is 6.04 Å². The second kappa shape index (κ2) is 5.18. The van der Waals surface area contributed by atoms with Crippen molar-refractivity contribution in [1.29, 1.82) is 0 Å². The summed E-state index contributed by atoms with van der Waals surface area (Å²) in [6, 6.07) is 2.38. The Morgan fingerprint density at radius 2 is 2.17 bits per heavy atom. The first-order chi connectivity index (χ1) is 8.93. The number of nitrogens with zero attached hydrogens (tertiary/aromatic N) is 5. The van der Waals surface area contributed by atoms with Crippen molar-refractivity contribution in [3.63, 3.8) is 0 Å². The van der Waals surface area contributed by atoms with Crippen LogP contribution in [0.25, 0.3) is 0 Å². The van der Waals surface area contributed by atoms with Crippen molar-refractivity contribution < 1.29 is 0 Å². The van der Waals surface area contributed by atoms with Gasteiger partial charge in [0.15, 0.2) is 0 Å². The van der Waals surface area contributed by atoms with E-state index < -0.39 is 0 Å². The quantitative estimate of drug-likeness (QED) is 0.817. The molecule has 0 aromatic carbocycles. The Balaban J connectivity index is 1.76. The second-order valence-corrected chi connectivity index (χ2v) is 4.46. The number of rotatable bonds is 3. The van der Waals surface area contributed by atoms with Gasteiger partial charge in [-0.25, -0.2) is 9.97 Å². The van der Waals surface area contributed by atoms with Crippen LogP contribution in [0, 0.1) is 0 Å². The summed E-state index contributed by atoms with van der Waals surface area (Å²) in [7, 11) is 0. The van der Waals surface area contributed by atoms with Gasteiger partial charge in [0.25, 0.3) is 0 Å². The first-order valence-electron chi connectivity index (χ1n) is 6.18. The molecule has 18 heavy (non-hydrogen) atoms. The van der Waals surface area contributed by atoms with Crippen molar-refractivity contribution in [2.24, 2.45) is 0 Å². The summed E-state index contributed by atoms with van der Waals surface area (Å²) < 4.78 is 0. The number of hydrogen-bond donors (Lipinski definition) is 0. The van der Waals surface area contributed by atoms with Gasteiger partial charge in [-0.05, 0) is 25.5 Å². The van der Waals surface area contributed by atoms with Gasteiger partial charge in [-0.1, -0.05) is 0 Å². The van der Waals surface area contributed by atoms with Crippen LogP contribution in [-0.2, 0) is 6.54 Å². The molecule has 1 fully saturated rings. The molecule has 1 atom stereocenters. The number of likely N-dealkylation sites (tertiary alicyclic amines) is 1. The second-order valence-electron chi connectivity index (χ2n) is 4.46. The molecule has 92 valence electrons. The van der Waals surface area contributed by atoms with E-state index in [0.717, 1.165) is 30.9 Å². The summed E-state index contributed by atoms with van der Waals surface area (Å²) in [6.45, 7) is 1.92. The lowest BCUT2D eigenvalue weighted by Gasteiger charge is -2.23. The van der Waals surface area contributed by atoms with E-state index in [1.54, 1.807) is 24.9 Å². The van der Waals surface area contributed by atoms with E-state index in [9.17, 15) is 0 Å². The third-order valence-corrected chi connectivity index (χ3v) is 3.29. The maximum absolute atomic E-state index is 4.36. The lowest BCUT2D eigenvalue weighted by Crippen LogP contribution is -2.24. The van der Waals surface area contributed by atoms with Crippen LogP contribution in [0.2, 0.25) is 0 Å². The summed E-state index contributed by atoms with van der Waals surface area (Å²) in [4.78, 5) is 19.2. The number of hydrogen-bond acceptors (Lipinski definition) is 5. The molecule has 1 unspecified atom stereocenters. The van der Waals surface area contributed by atoms with E-state index in [2.05, 4.69) is 24.8 Å². The lowest BCUT2D eigenvalue weighted by atomic mass is 10.1. The van der Waals surface area contributed by atoms with Crippen molar-refractivity contribution >= 4 is 0 Å². The maximum Gasteiger partial charge on any atom is 0.115 e. The Morgan fingerprint density at radius 3 is 2.94 bits per heavy atom. The van der Waals surface area contributed by atoms with Crippen LogP contribution < -0.4 is 0 Å². The molecule has 1 aliphatic heterocycles. The molecule has 0 bridgehead atoms.